The molecule has 0 fully saturated rings. The summed E-state index contributed by atoms with van der Waals surface area (Å²) in [6.45, 7) is 4.39. The molecule has 0 spiro atoms. The van der Waals surface area contributed by atoms with E-state index >= 15 is 0 Å². The normalized spacial score (nSPS) is 9.76. The number of anilines is 1. The fourth-order valence-electron chi connectivity index (χ4n) is 1.30. The molecule has 0 heterocycles. The minimum absolute atomic E-state index is 0.264. The highest BCUT2D eigenvalue weighted by Gasteiger charge is 2.08. The van der Waals surface area contributed by atoms with E-state index in [9.17, 15) is 4.79 Å². The van der Waals surface area contributed by atoms with Crippen LogP contribution >= 0.6 is 15.9 Å². The van der Waals surface area contributed by atoms with Gasteiger partial charge in [0.1, 0.15) is 0 Å². The van der Waals surface area contributed by atoms with Gasteiger partial charge >= 0.3 is 6.03 Å². The molecule has 0 aliphatic carbocycles. The minimum atomic E-state index is -0.264. The summed E-state index contributed by atoms with van der Waals surface area (Å²) < 4.78 is 6.00. The number of halogens is 1. The maximum Gasteiger partial charge on any atom is 0.319 e. The zero-order chi connectivity index (χ0) is 12.7. The number of carbonyl (C=O) groups excluding carboxylic acids is 1. The summed E-state index contributed by atoms with van der Waals surface area (Å²) in [6, 6.07) is 5.32. The van der Waals surface area contributed by atoms with Crippen LogP contribution in [0.4, 0.5) is 10.5 Å². The Labute approximate surface area is 109 Å². The first-order chi connectivity index (χ1) is 8.19. The summed E-state index contributed by atoms with van der Waals surface area (Å²) >= 11 is 3.42. The van der Waals surface area contributed by atoms with Gasteiger partial charge in [-0.1, -0.05) is 28.1 Å². The van der Waals surface area contributed by atoms with E-state index in [0.29, 0.717) is 13.2 Å². The Morgan fingerprint density at radius 3 is 3.00 bits per heavy atom. The van der Waals surface area contributed by atoms with Gasteiger partial charge in [-0.25, -0.2) is 4.79 Å². The van der Waals surface area contributed by atoms with Gasteiger partial charge in [-0.2, -0.15) is 0 Å². The molecule has 0 saturated carbocycles. The lowest BCUT2D eigenvalue weighted by atomic mass is 10.2. The molecule has 0 aliphatic heterocycles. The van der Waals surface area contributed by atoms with Gasteiger partial charge < -0.3 is 15.4 Å². The van der Waals surface area contributed by atoms with Crippen LogP contribution in [-0.4, -0.2) is 19.7 Å². The molecule has 17 heavy (non-hydrogen) atoms. The molecule has 92 valence electrons. The third-order valence-electron chi connectivity index (χ3n) is 2.06. The molecular formula is C12H15BrN2O2. The van der Waals surface area contributed by atoms with Crippen molar-refractivity contribution in [3.63, 3.8) is 0 Å². The van der Waals surface area contributed by atoms with Gasteiger partial charge in [0, 0.05) is 29.4 Å². The number of rotatable bonds is 5. The Bertz CT molecular complexity index is 407. The van der Waals surface area contributed by atoms with E-state index in [1.807, 2.05) is 18.2 Å². The first-order valence-corrected chi connectivity index (χ1v) is 5.90. The van der Waals surface area contributed by atoms with Gasteiger partial charge in [0.15, 0.2) is 0 Å². The summed E-state index contributed by atoms with van der Waals surface area (Å²) in [5.74, 6) is 0. The van der Waals surface area contributed by atoms with Crippen molar-refractivity contribution >= 4 is 27.6 Å². The van der Waals surface area contributed by atoms with Gasteiger partial charge in [0.05, 0.1) is 6.61 Å². The maximum absolute atomic E-state index is 11.5. The maximum atomic E-state index is 11.5. The molecule has 0 atom stereocenters. The second-order valence-electron chi connectivity index (χ2n) is 3.32. The molecule has 5 heteroatoms. The van der Waals surface area contributed by atoms with Crippen molar-refractivity contribution in [3.8, 4) is 0 Å². The summed E-state index contributed by atoms with van der Waals surface area (Å²) in [4.78, 5) is 11.5. The van der Waals surface area contributed by atoms with Gasteiger partial charge in [-0.3, -0.25) is 0 Å². The van der Waals surface area contributed by atoms with Crippen LogP contribution < -0.4 is 10.6 Å². The highest BCUT2D eigenvalue weighted by atomic mass is 79.9. The lowest BCUT2D eigenvalue weighted by molar-refractivity contribution is 0.185. The molecule has 0 unspecified atom stereocenters. The highest BCUT2D eigenvalue weighted by molar-refractivity contribution is 9.10. The lowest BCUT2D eigenvalue weighted by Crippen LogP contribution is -2.29. The molecule has 4 nitrogen and oxygen atoms in total. The molecular weight excluding hydrogens is 284 g/mol. The largest absolute Gasteiger partial charge is 0.380 e. The molecule has 0 aromatic heterocycles. The summed E-state index contributed by atoms with van der Waals surface area (Å²) in [5, 5.41) is 5.41. The predicted molar refractivity (Wildman–Crippen MR) is 72.1 cm³/mol. The Balaban J connectivity index is 2.78. The number of hydrogen-bond acceptors (Lipinski definition) is 2. The van der Waals surface area contributed by atoms with Crippen LogP contribution in [0.2, 0.25) is 0 Å². The van der Waals surface area contributed by atoms with Crippen molar-refractivity contribution in [2.24, 2.45) is 0 Å². The summed E-state index contributed by atoms with van der Waals surface area (Å²) in [7, 11) is 1.61. The third-order valence-corrected chi connectivity index (χ3v) is 2.81. The highest BCUT2D eigenvalue weighted by Crippen LogP contribution is 2.25. The zero-order valence-electron chi connectivity index (χ0n) is 9.63. The van der Waals surface area contributed by atoms with Crippen LogP contribution in [0, 0.1) is 0 Å². The van der Waals surface area contributed by atoms with Gasteiger partial charge in [-0.05, 0) is 12.1 Å². The molecule has 1 aromatic rings. The lowest BCUT2D eigenvalue weighted by Gasteiger charge is -2.12. The summed E-state index contributed by atoms with van der Waals surface area (Å²) in [5.41, 5.74) is 1.63. The average molecular weight is 299 g/mol. The van der Waals surface area contributed by atoms with E-state index < -0.39 is 0 Å². The number of urea groups is 1. The quantitative estimate of drug-likeness (QED) is 0.821. The monoisotopic (exact) mass is 298 g/mol. The molecule has 0 aliphatic rings. The second kappa shape index (κ2) is 7.09. The number of carbonyl (C=O) groups is 1. The van der Waals surface area contributed by atoms with E-state index in [2.05, 4.69) is 33.1 Å². The van der Waals surface area contributed by atoms with Crippen LogP contribution in [0.5, 0.6) is 0 Å². The minimum Gasteiger partial charge on any atom is -0.380 e. The van der Waals surface area contributed by atoms with E-state index in [1.54, 1.807) is 13.2 Å². The zero-order valence-corrected chi connectivity index (χ0v) is 11.2. The fourth-order valence-corrected chi connectivity index (χ4v) is 1.78. The van der Waals surface area contributed by atoms with E-state index in [1.165, 1.54) is 0 Å². The van der Waals surface area contributed by atoms with Gasteiger partial charge in [0.2, 0.25) is 0 Å². The van der Waals surface area contributed by atoms with Crippen LogP contribution in [0.25, 0.3) is 0 Å². The molecule has 1 aromatic carbocycles. The topological polar surface area (TPSA) is 50.4 Å². The molecule has 0 bridgehead atoms. The molecule has 2 N–H and O–H groups in total. The number of benzene rings is 1. The number of amides is 2. The molecule has 0 radical (unpaired) electrons. The van der Waals surface area contributed by atoms with Crippen molar-refractivity contribution in [1.82, 2.24) is 5.32 Å². The Morgan fingerprint density at radius 2 is 2.35 bits per heavy atom. The van der Waals surface area contributed by atoms with Crippen LogP contribution in [-0.2, 0) is 11.3 Å². The number of methoxy groups -OCH3 is 1. The number of ether oxygens (including phenoxy) is 1. The van der Waals surface area contributed by atoms with Crippen molar-refractivity contribution in [2.75, 3.05) is 19.0 Å². The van der Waals surface area contributed by atoms with Gasteiger partial charge in [0.25, 0.3) is 0 Å². The van der Waals surface area contributed by atoms with Crippen molar-refractivity contribution in [1.29, 1.82) is 0 Å². The molecule has 1 rings (SSSR count). The average Bonchev–Trinajstić information content (AvgIpc) is 2.31. The Kier molecular flexibility index (Phi) is 5.72. The SMILES string of the molecule is C=CCNC(=O)Nc1cccc(Br)c1COC. The first-order valence-electron chi connectivity index (χ1n) is 5.11. The Morgan fingerprint density at radius 1 is 1.59 bits per heavy atom. The summed E-state index contributed by atoms with van der Waals surface area (Å²) in [6.07, 6.45) is 1.62. The standard InChI is InChI=1S/C12H15BrN2O2/c1-3-7-14-12(16)15-11-6-4-5-10(13)9(11)8-17-2/h3-6H,1,7-8H2,2H3,(H2,14,15,16). The van der Waals surface area contributed by atoms with Gasteiger partial charge in [-0.15, -0.1) is 6.58 Å². The van der Waals surface area contributed by atoms with E-state index in [4.69, 9.17) is 4.74 Å². The van der Waals surface area contributed by atoms with Crippen molar-refractivity contribution < 1.29 is 9.53 Å². The number of nitrogens with one attached hydrogen (secondary N) is 2. The smallest absolute Gasteiger partial charge is 0.319 e. The van der Waals surface area contributed by atoms with E-state index in [0.717, 1.165) is 15.7 Å². The van der Waals surface area contributed by atoms with E-state index in [-0.39, 0.29) is 6.03 Å². The first kappa shape index (κ1) is 13.7. The predicted octanol–water partition coefficient (Wildman–Crippen LogP) is 2.90. The third kappa shape index (κ3) is 4.20. The number of hydrogen-bond donors (Lipinski definition) is 2. The fraction of sp³-hybridized carbons (Fsp3) is 0.250. The van der Waals surface area contributed by atoms with Crippen molar-refractivity contribution in [3.05, 3.63) is 40.9 Å². The van der Waals surface area contributed by atoms with Crippen molar-refractivity contribution in [2.45, 2.75) is 6.61 Å². The molecule has 0 saturated heterocycles. The second-order valence-corrected chi connectivity index (χ2v) is 4.18. The van der Waals surface area contributed by atoms with Crippen LogP contribution in [0.1, 0.15) is 5.56 Å². The van der Waals surface area contributed by atoms with Crippen LogP contribution in [0.3, 0.4) is 0 Å². The Hall–Kier alpha value is -1.33. The molecule has 2 amide bonds. The van der Waals surface area contributed by atoms with Crippen LogP contribution in [0.15, 0.2) is 35.3 Å².